The summed E-state index contributed by atoms with van der Waals surface area (Å²) in [6.45, 7) is 5.81. The van der Waals surface area contributed by atoms with Crippen molar-refractivity contribution in [2.24, 2.45) is 0 Å². The smallest absolute Gasteiger partial charge is 0.411 e. The van der Waals surface area contributed by atoms with Gasteiger partial charge in [0.15, 0.2) is 0 Å². The third kappa shape index (κ3) is 7.14. The lowest BCUT2D eigenvalue weighted by Crippen LogP contribution is -2.44. The highest BCUT2D eigenvalue weighted by atomic mass is 16.5. The lowest BCUT2D eigenvalue weighted by molar-refractivity contribution is 0.130. The number of hydrogen-bond acceptors (Lipinski definition) is 7. The van der Waals surface area contributed by atoms with Crippen LogP contribution in [0.15, 0.2) is 65.5 Å². The fourth-order valence-electron chi connectivity index (χ4n) is 4.01. The van der Waals surface area contributed by atoms with Crippen LogP contribution >= 0.6 is 0 Å². The molecule has 9 nitrogen and oxygen atoms in total. The Morgan fingerprint density at radius 1 is 1.06 bits per heavy atom. The number of hydrogen-bond donors (Lipinski definition) is 2. The maximum atomic E-state index is 12.4. The Labute approximate surface area is 205 Å². The van der Waals surface area contributed by atoms with E-state index in [4.69, 9.17) is 10.5 Å². The van der Waals surface area contributed by atoms with Gasteiger partial charge in [0.25, 0.3) is 5.56 Å². The number of piperazine rings is 1. The summed E-state index contributed by atoms with van der Waals surface area (Å²) in [7, 11) is 2.13. The summed E-state index contributed by atoms with van der Waals surface area (Å²) in [4.78, 5) is 29.3. The second-order valence-corrected chi connectivity index (χ2v) is 8.80. The Balaban J connectivity index is 1.31. The molecule has 1 aliphatic heterocycles. The molecule has 0 unspecified atom stereocenters. The number of nitrogens with two attached hydrogens (primary N) is 1. The van der Waals surface area contributed by atoms with Gasteiger partial charge in [-0.15, -0.1) is 0 Å². The van der Waals surface area contributed by atoms with Gasteiger partial charge in [-0.25, -0.2) is 9.48 Å². The minimum atomic E-state index is -0.487. The summed E-state index contributed by atoms with van der Waals surface area (Å²) in [6, 6.07) is 17.9. The van der Waals surface area contributed by atoms with Gasteiger partial charge in [0.1, 0.15) is 0 Å². The summed E-state index contributed by atoms with van der Waals surface area (Å²) < 4.78 is 6.74. The fraction of sp³-hybridized carbons (Fsp3) is 0.346. The third-order valence-electron chi connectivity index (χ3n) is 6.00. The Morgan fingerprint density at radius 3 is 2.66 bits per heavy atom. The van der Waals surface area contributed by atoms with Gasteiger partial charge < -0.3 is 20.3 Å². The van der Waals surface area contributed by atoms with Gasteiger partial charge in [0.2, 0.25) is 0 Å². The molecule has 3 aromatic rings. The average molecular weight is 477 g/mol. The van der Waals surface area contributed by atoms with Crippen molar-refractivity contribution < 1.29 is 9.53 Å². The number of nitrogen functional groups attached to an aromatic ring is 1. The van der Waals surface area contributed by atoms with Crippen molar-refractivity contribution in [3.8, 4) is 11.3 Å². The van der Waals surface area contributed by atoms with E-state index in [-0.39, 0.29) is 12.1 Å². The largest absolute Gasteiger partial charge is 0.449 e. The predicted molar refractivity (Wildman–Crippen MR) is 137 cm³/mol. The van der Waals surface area contributed by atoms with Crippen LogP contribution < -0.4 is 16.6 Å². The van der Waals surface area contributed by atoms with Gasteiger partial charge in [0.05, 0.1) is 18.8 Å². The predicted octanol–water partition coefficient (Wildman–Crippen LogP) is 2.73. The van der Waals surface area contributed by atoms with Crippen LogP contribution in [0, 0.1) is 0 Å². The molecule has 1 aromatic heterocycles. The first-order chi connectivity index (χ1) is 17.0. The standard InChI is InChI=1S/C26H32N6O3/c1-30-12-14-31(15-13-30)11-4-16-35-26(34)28-23-8-2-5-20(17-23)19-32-25(33)10-9-24(29-32)21-6-3-7-22(27)18-21/h2-3,5-10,17-18H,4,11-16,19,27H2,1H3,(H,28,34). The summed E-state index contributed by atoms with van der Waals surface area (Å²) in [6.07, 6.45) is 0.314. The summed E-state index contributed by atoms with van der Waals surface area (Å²) in [5.41, 5.74) is 9.23. The number of anilines is 2. The van der Waals surface area contributed by atoms with Crippen molar-refractivity contribution in [1.29, 1.82) is 0 Å². The molecule has 0 aliphatic carbocycles. The van der Waals surface area contributed by atoms with Gasteiger partial charge in [-0.3, -0.25) is 10.1 Å². The number of aromatic nitrogens is 2. The molecular formula is C26H32N6O3. The molecule has 35 heavy (non-hydrogen) atoms. The highest BCUT2D eigenvalue weighted by Crippen LogP contribution is 2.18. The number of rotatable bonds is 8. The molecule has 4 rings (SSSR count). The van der Waals surface area contributed by atoms with Crippen LogP contribution in [0.4, 0.5) is 16.2 Å². The number of carbonyl (C=O) groups excluding carboxylic acids is 1. The molecule has 184 valence electrons. The topological polar surface area (TPSA) is 106 Å². The van der Waals surface area contributed by atoms with Crippen molar-refractivity contribution in [3.63, 3.8) is 0 Å². The van der Waals surface area contributed by atoms with E-state index in [1.807, 2.05) is 36.4 Å². The average Bonchev–Trinajstić information content (AvgIpc) is 2.84. The van der Waals surface area contributed by atoms with E-state index in [1.54, 1.807) is 18.2 Å². The Morgan fingerprint density at radius 2 is 1.86 bits per heavy atom. The number of nitrogens with zero attached hydrogens (tertiary/aromatic N) is 4. The molecule has 1 saturated heterocycles. The molecule has 2 heterocycles. The zero-order valence-electron chi connectivity index (χ0n) is 20.0. The van der Waals surface area contributed by atoms with Crippen LogP contribution in [0.25, 0.3) is 11.3 Å². The van der Waals surface area contributed by atoms with Crippen molar-refractivity contribution >= 4 is 17.5 Å². The first kappa shape index (κ1) is 24.4. The minimum Gasteiger partial charge on any atom is -0.449 e. The van der Waals surface area contributed by atoms with Crippen molar-refractivity contribution in [2.45, 2.75) is 13.0 Å². The van der Waals surface area contributed by atoms with Crippen LogP contribution in [-0.4, -0.2) is 72.1 Å². The number of amides is 1. The first-order valence-corrected chi connectivity index (χ1v) is 11.8. The molecule has 0 radical (unpaired) electrons. The number of likely N-dealkylation sites (N-methyl/N-ethyl adjacent to an activating group) is 1. The van der Waals surface area contributed by atoms with Gasteiger partial charge >= 0.3 is 6.09 Å². The maximum Gasteiger partial charge on any atom is 0.411 e. The molecule has 1 fully saturated rings. The van der Waals surface area contributed by atoms with Crippen LogP contribution in [0.2, 0.25) is 0 Å². The lowest BCUT2D eigenvalue weighted by atomic mass is 10.1. The van der Waals surface area contributed by atoms with E-state index in [9.17, 15) is 9.59 Å². The van der Waals surface area contributed by atoms with Gasteiger partial charge in [0, 0.05) is 55.7 Å². The fourth-order valence-corrected chi connectivity index (χ4v) is 4.01. The maximum absolute atomic E-state index is 12.4. The highest BCUT2D eigenvalue weighted by molar-refractivity contribution is 5.84. The van der Waals surface area contributed by atoms with Gasteiger partial charge in [-0.05, 0) is 49.4 Å². The van der Waals surface area contributed by atoms with Crippen LogP contribution in [0.3, 0.4) is 0 Å². The molecule has 1 aliphatic rings. The lowest BCUT2D eigenvalue weighted by Gasteiger charge is -2.32. The quantitative estimate of drug-likeness (QED) is 0.380. The summed E-state index contributed by atoms with van der Waals surface area (Å²) >= 11 is 0. The number of ether oxygens (including phenoxy) is 1. The van der Waals surface area contributed by atoms with Crippen molar-refractivity contribution in [3.05, 3.63) is 76.6 Å². The Bertz CT molecular complexity index is 1200. The summed E-state index contributed by atoms with van der Waals surface area (Å²) in [5.74, 6) is 0. The monoisotopic (exact) mass is 476 g/mol. The normalized spacial score (nSPS) is 14.5. The zero-order chi connectivity index (χ0) is 24.6. The zero-order valence-corrected chi connectivity index (χ0v) is 20.0. The highest BCUT2D eigenvalue weighted by Gasteiger charge is 2.13. The molecular weight excluding hydrogens is 444 g/mol. The number of benzene rings is 2. The second-order valence-electron chi connectivity index (χ2n) is 8.80. The van der Waals surface area contributed by atoms with Crippen LogP contribution in [0.1, 0.15) is 12.0 Å². The molecule has 3 N–H and O–H groups in total. The number of nitrogens with one attached hydrogen (secondary N) is 1. The minimum absolute atomic E-state index is 0.212. The molecule has 0 spiro atoms. The molecule has 0 bridgehead atoms. The van der Waals surface area contributed by atoms with Crippen molar-refractivity contribution in [2.75, 3.05) is 57.4 Å². The van der Waals surface area contributed by atoms with Gasteiger partial charge in [-0.1, -0.05) is 24.3 Å². The Kier molecular flexibility index (Phi) is 8.12. The second kappa shape index (κ2) is 11.6. The van der Waals surface area contributed by atoms with E-state index in [2.05, 4.69) is 27.3 Å². The van der Waals surface area contributed by atoms with Gasteiger partial charge in [-0.2, -0.15) is 5.10 Å². The molecule has 0 saturated carbocycles. The third-order valence-corrected chi connectivity index (χ3v) is 6.00. The SMILES string of the molecule is CN1CCN(CCCOC(=O)Nc2cccc(Cn3nc(-c4cccc(N)c4)ccc3=O)c2)CC1. The molecule has 2 aromatic carbocycles. The van der Waals surface area contributed by atoms with Crippen molar-refractivity contribution in [1.82, 2.24) is 19.6 Å². The molecule has 1 amide bonds. The van der Waals surface area contributed by atoms with E-state index < -0.39 is 6.09 Å². The van der Waals surface area contributed by atoms with E-state index >= 15 is 0 Å². The van der Waals surface area contributed by atoms with E-state index in [0.717, 1.165) is 50.3 Å². The Hall–Kier alpha value is -3.69. The summed E-state index contributed by atoms with van der Waals surface area (Å²) in [5, 5.41) is 7.26. The van der Waals surface area contributed by atoms with E-state index in [0.29, 0.717) is 23.7 Å². The molecule has 9 heteroatoms. The molecule has 0 atom stereocenters. The van der Waals surface area contributed by atoms with E-state index in [1.165, 1.54) is 10.7 Å². The number of carbonyl (C=O) groups is 1. The van der Waals surface area contributed by atoms with Crippen LogP contribution in [0.5, 0.6) is 0 Å². The van der Waals surface area contributed by atoms with Crippen LogP contribution in [-0.2, 0) is 11.3 Å². The first-order valence-electron chi connectivity index (χ1n) is 11.8.